The first-order chi connectivity index (χ1) is 10.4. The molecular formula is C17H17NO3S. The van der Waals surface area contributed by atoms with Crippen LogP contribution >= 0.6 is 0 Å². The van der Waals surface area contributed by atoms with Gasteiger partial charge in [-0.1, -0.05) is 55.1 Å². The van der Waals surface area contributed by atoms with Crippen LogP contribution in [0.2, 0.25) is 0 Å². The number of rotatable bonds is 6. The number of sulfonamides is 1. The smallest absolute Gasteiger partial charge is 0.241 e. The molecule has 5 heteroatoms. The summed E-state index contributed by atoms with van der Waals surface area (Å²) in [5.41, 5.74) is 0.868. The molecule has 4 nitrogen and oxygen atoms in total. The van der Waals surface area contributed by atoms with Crippen molar-refractivity contribution in [2.75, 3.05) is 0 Å². The normalized spacial score (nSPS) is 12.6. The first-order valence-corrected chi connectivity index (χ1v) is 8.22. The first-order valence-electron chi connectivity index (χ1n) is 6.74. The van der Waals surface area contributed by atoms with Crippen LogP contribution < -0.4 is 4.72 Å². The fourth-order valence-electron chi connectivity index (χ4n) is 2.01. The zero-order valence-electron chi connectivity index (χ0n) is 12.2. The molecule has 114 valence electrons. The van der Waals surface area contributed by atoms with E-state index >= 15 is 0 Å². The van der Waals surface area contributed by atoms with E-state index in [1.54, 1.807) is 42.5 Å². The molecule has 2 aromatic rings. The van der Waals surface area contributed by atoms with Gasteiger partial charge in [0.05, 0.1) is 10.9 Å². The number of hydrogen-bond acceptors (Lipinski definition) is 3. The SMILES string of the molecule is C=C(C(C)=O)C(NS(=O)(=O)c1ccccc1)c1ccccc1. The highest BCUT2D eigenvalue weighted by Crippen LogP contribution is 2.23. The van der Waals surface area contributed by atoms with Gasteiger partial charge in [-0.05, 0) is 24.6 Å². The van der Waals surface area contributed by atoms with Gasteiger partial charge in [-0.2, -0.15) is 4.72 Å². The lowest BCUT2D eigenvalue weighted by Gasteiger charge is -2.20. The minimum absolute atomic E-state index is 0.146. The van der Waals surface area contributed by atoms with Gasteiger partial charge in [0.25, 0.3) is 0 Å². The van der Waals surface area contributed by atoms with E-state index in [9.17, 15) is 13.2 Å². The quantitative estimate of drug-likeness (QED) is 0.834. The molecule has 1 atom stereocenters. The Balaban J connectivity index is 2.39. The largest absolute Gasteiger partial charge is 0.295 e. The molecule has 0 spiro atoms. The third-order valence-corrected chi connectivity index (χ3v) is 4.70. The predicted octanol–water partition coefficient (Wildman–Crippen LogP) is 2.85. The molecule has 1 unspecified atom stereocenters. The van der Waals surface area contributed by atoms with Gasteiger partial charge < -0.3 is 0 Å². The number of ketones is 1. The molecule has 1 N–H and O–H groups in total. The Morgan fingerprint density at radius 3 is 2.00 bits per heavy atom. The van der Waals surface area contributed by atoms with E-state index in [2.05, 4.69) is 11.3 Å². The van der Waals surface area contributed by atoms with Crippen LogP contribution in [0, 0.1) is 0 Å². The summed E-state index contributed by atoms with van der Waals surface area (Å²) in [4.78, 5) is 11.8. The van der Waals surface area contributed by atoms with Gasteiger partial charge in [-0.15, -0.1) is 0 Å². The number of hydrogen-bond donors (Lipinski definition) is 1. The molecule has 0 aromatic heterocycles. The first kappa shape index (κ1) is 16.1. The summed E-state index contributed by atoms with van der Waals surface area (Å²) in [7, 11) is -3.75. The van der Waals surface area contributed by atoms with Gasteiger partial charge >= 0.3 is 0 Å². The van der Waals surface area contributed by atoms with Gasteiger partial charge in [0.15, 0.2) is 5.78 Å². The van der Waals surface area contributed by atoms with Gasteiger partial charge in [-0.3, -0.25) is 4.79 Å². The fourth-order valence-corrected chi connectivity index (χ4v) is 3.25. The van der Waals surface area contributed by atoms with Crippen molar-refractivity contribution in [1.82, 2.24) is 4.72 Å². The van der Waals surface area contributed by atoms with Crippen molar-refractivity contribution in [3.63, 3.8) is 0 Å². The molecule has 0 aliphatic rings. The fraction of sp³-hybridized carbons (Fsp3) is 0.118. The molecule has 0 heterocycles. The molecule has 0 fully saturated rings. The van der Waals surface area contributed by atoms with Gasteiger partial charge in [0.2, 0.25) is 10.0 Å². The summed E-state index contributed by atoms with van der Waals surface area (Å²) < 4.78 is 27.5. The Hall–Kier alpha value is -2.24. The third-order valence-electron chi connectivity index (χ3n) is 3.26. The predicted molar refractivity (Wildman–Crippen MR) is 85.8 cm³/mol. The average molecular weight is 315 g/mol. The van der Waals surface area contributed by atoms with Crippen LogP contribution in [0.1, 0.15) is 18.5 Å². The molecule has 22 heavy (non-hydrogen) atoms. The molecule has 0 amide bonds. The van der Waals surface area contributed by atoms with Crippen LogP contribution in [0.5, 0.6) is 0 Å². The van der Waals surface area contributed by atoms with E-state index in [4.69, 9.17) is 0 Å². The zero-order valence-corrected chi connectivity index (χ0v) is 13.0. The maximum atomic E-state index is 12.5. The van der Waals surface area contributed by atoms with Crippen LogP contribution in [0.25, 0.3) is 0 Å². The number of carbonyl (C=O) groups excluding carboxylic acids is 1. The molecule has 0 saturated carbocycles. The highest BCUT2D eigenvalue weighted by molar-refractivity contribution is 7.89. The molecule has 0 saturated heterocycles. The van der Waals surface area contributed by atoms with Crippen LogP contribution in [-0.4, -0.2) is 14.2 Å². The summed E-state index contributed by atoms with van der Waals surface area (Å²) in [6.45, 7) is 5.10. The Morgan fingerprint density at radius 1 is 1.00 bits per heavy atom. The van der Waals surface area contributed by atoms with Crippen molar-refractivity contribution in [3.05, 3.63) is 78.4 Å². The Bertz CT molecular complexity index is 768. The van der Waals surface area contributed by atoms with E-state index in [-0.39, 0.29) is 16.3 Å². The average Bonchev–Trinajstić information content (AvgIpc) is 2.53. The van der Waals surface area contributed by atoms with Crippen LogP contribution in [0.4, 0.5) is 0 Å². The van der Waals surface area contributed by atoms with Crippen molar-refractivity contribution in [2.24, 2.45) is 0 Å². The lowest BCUT2D eigenvalue weighted by molar-refractivity contribution is -0.113. The van der Waals surface area contributed by atoms with Crippen LogP contribution in [-0.2, 0) is 14.8 Å². The zero-order chi connectivity index (χ0) is 16.2. The van der Waals surface area contributed by atoms with Crippen LogP contribution in [0.15, 0.2) is 77.7 Å². The minimum Gasteiger partial charge on any atom is -0.295 e. The van der Waals surface area contributed by atoms with E-state index in [1.165, 1.54) is 19.1 Å². The lowest BCUT2D eigenvalue weighted by Crippen LogP contribution is -2.31. The van der Waals surface area contributed by atoms with Crippen molar-refractivity contribution < 1.29 is 13.2 Å². The number of Topliss-reactive ketones (excluding diaryl/α,β-unsaturated/α-hetero) is 1. The molecule has 2 rings (SSSR count). The number of benzene rings is 2. The highest BCUT2D eigenvalue weighted by atomic mass is 32.2. The Kier molecular flexibility index (Phi) is 4.90. The van der Waals surface area contributed by atoms with Gasteiger partial charge in [-0.25, -0.2) is 8.42 Å². The number of carbonyl (C=O) groups is 1. The standard InChI is InChI=1S/C17H17NO3S/c1-13(14(2)19)17(15-9-5-3-6-10-15)18-22(20,21)16-11-7-4-8-12-16/h3-12,17-18H,1H2,2H3. The van der Waals surface area contributed by atoms with Crippen molar-refractivity contribution in [1.29, 1.82) is 0 Å². The Morgan fingerprint density at radius 2 is 1.50 bits per heavy atom. The second-order valence-corrected chi connectivity index (χ2v) is 6.57. The molecule has 0 bridgehead atoms. The molecule has 0 radical (unpaired) electrons. The summed E-state index contributed by atoms with van der Waals surface area (Å²) in [6.07, 6.45) is 0. The summed E-state index contributed by atoms with van der Waals surface area (Å²) in [6, 6.07) is 16.1. The van der Waals surface area contributed by atoms with Gasteiger partial charge in [0, 0.05) is 5.57 Å². The van der Waals surface area contributed by atoms with E-state index in [0.29, 0.717) is 5.56 Å². The van der Waals surface area contributed by atoms with E-state index in [1.807, 2.05) is 6.07 Å². The second kappa shape index (κ2) is 6.68. The maximum Gasteiger partial charge on any atom is 0.241 e. The summed E-state index contributed by atoms with van der Waals surface area (Å²) in [5, 5.41) is 0. The third kappa shape index (κ3) is 3.69. The molecule has 2 aromatic carbocycles. The molecule has 0 aliphatic heterocycles. The Labute approximate surface area is 130 Å². The summed E-state index contributed by atoms with van der Waals surface area (Å²) >= 11 is 0. The van der Waals surface area contributed by atoms with Crippen molar-refractivity contribution >= 4 is 15.8 Å². The second-order valence-electron chi connectivity index (χ2n) is 4.86. The van der Waals surface area contributed by atoms with E-state index in [0.717, 1.165) is 0 Å². The van der Waals surface area contributed by atoms with Gasteiger partial charge in [0.1, 0.15) is 0 Å². The van der Waals surface area contributed by atoms with E-state index < -0.39 is 16.1 Å². The number of nitrogens with one attached hydrogen (secondary N) is 1. The monoisotopic (exact) mass is 315 g/mol. The van der Waals surface area contributed by atoms with Crippen molar-refractivity contribution in [3.8, 4) is 0 Å². The van der Waals surface area contributed by atoms with Crippen molar-refractivity contribution in [2.45, 2.75) is 17.9 Å². The molecule has 0 aliphatic carbocycles. The topological polar surface area (TPSA) is 63.2 Å². The summed E-state index contributed by atoms with van der Waals surface area (Å²) in [5.74, 6) is -0.260. The molecular weight excluding hydrogens is 298 g/mol. The van der Waals surface area contributed by atoms with Crippen LogP contribution in [0.3, 0.4) is 0 Å². The maximum absolute atomic E-state index is 12.5. The lowest BCUT2D eigenvalue weighted by atomic mass is 9.98. The minimum atomic E-state index is -3.75. The highest BCUT2D eigenvalue weighted by Gasteiger charge is 2.25.